The van der Waals surface area contributed by atoms with Crippen LogP contribution >= 0.6 is 11.3 Å². The second-order valence-corrected chi connectivity index (χ2v) is 7.81. The van der Waals surface area contributed by atoms with E-state index in [1.165, 1.54) is 0 Å². The van der Waals surface area contributed by atoms with Crippen LogP contribution in [0, 0.1) is 5.92 Å². The molecule has 0 saturated carbocycles. The molecular weight excluding hydrogens is 358 g/mol. The van der Waals surface area contributed by atoms with Gasteiger partial charge in [-0.1, -0.05) is 24.3 Å². The number of carbonyl (C=O) groups excluding carboxylic acids is 2. The van der Waals surface area contributed by atoms with Crippen molar-refractivity contribution in [3.05, 3.63) is 58.9 Å². The molecule has 0 bridgehead atoms. The van der Waals surface area contributed by atoms with Gasteiger partial charge in [-0.05, 0) is 36.4 Å². The fraction of sp³-hybridized carbons (Fsp3) is 0.286. The highest BCUT2D eigenvalue weighted by atomic mass is 32.1. The Kier molecular flexibility index (Phi) is 5.16. The molecule has 138 valence electrons. The molecule has 1 fully saturated rings. The Morgan fingerprint density at radius 1 is 1.11 bits per heavy atom. The highest BCUT2D eigenvalue weighted by Crippen LogP contribution is 2.24. The molecule has 4 rings (SSSR count). The lowest BCUT2D eigenvalue weighted by Crippen LogP contribution is -2.42. The Morgan fingerprint density at radius 2 is 1.93 bits per heavy atom. The molecule has 1 N–H and O–H groups in total. The van der Waals surface area contributed by atoms with Gasteiger partial charge in [0.1, 0.15) is 0 Å². The lowest BCUT2D eigenvalue weighted by Gasteiger charge is -2.31. The second kappa shape index (κ2) is 7.88. The van der Waals surface area contributed by atoms with Crippen LogP contribution in [0.2, 0.25) is 0 Å². The van der Waals surface area contributed by atoms with E-state index in [0.29, 0.717) is 32.4 Å². The predicted octanol–water partition coefficient (Wildman–Crippen LogP) is 3.72. The summed E-state index contributed by atoms with van der Waals surface area (Å²) in [6.45, 7) is 1.27. The molecule has 1 aliphatic rings. The van der Waals surface area contributed by atoms with Crippen LogP contribution in [0.25, 0.3) is 10.9 Å². The van der Waals surface area contributed by atoms with Crippen molar-refractivity contribution in [2.24, 2.45) is 5.92 Å². The number of thiophene rings is 1. The molecule has 3 heterocycles. The van der Waals surface area contributed by atoms with Gasteiger partial charge in [-0.3, -0.25) is 14.6 Å². The largest absolute Gasteiger partial charge is 0.342 e. The molecule has 1 saturated heterocycles. The molecule has 2 aromatic heterocycles. The van der Waals surface area contributed by atoms with Crippen molar-refractivity contribution < 1.29 is 9.59 Å². The number of benzene rings is 1. The first kappa shape index (κ1) is 17.7. The van der Waals surface area contributed by atoms with Gasteiger partial charge in [-0.15, -0.1) is 11.3 Å². The number of para-hydroxylation sites is 1. The van der Waals surface area contributed by atoms with Crippen molar-refractivity contribution in [2.75, 3.05) is 18.4 Å². The predicted molar refractivity (Wildman–Crippen MR) is 108 cm³/mol. The van der Waals surface area contributed by atoms with E-state index in [9.17, 15) is 9.59 Å². The second-order valence-electron chi connectivity index (χ2n) is 6.78. The number of rotatable bonds is 4. The van der Waals surface area contributed by atoms with Crippen molar-refractivity contribution in [1.82, 2.24) is 9.88 Å². The van der Waals surface area contributed by atoms with Crippen molar-refractivity contribution in [1.29, 1.82) is 0 Å². The number of nitrogens with one attached hydrogen (secondary N) is 1. The van der Waals surface area contributed by atoms with Gasteiger partial charge in [0.15, 0.2) is 0 Å². The van der Waals surface area contributed by atoms with Gasteiger partial charge in [-0.2, -0.15) is 0 Å². The molecule has 3 aromatic rings. The molecule has 1 aromatic carbocycles. The first-order chi connectivity index (χ1) is 13.2. The van der Waals surface area contributed by atoms with E-state index in [2.05, 4.69) is 10.3 Å². The molecule has 5 nitrogen and oxygen atoms in total. The summed E-state index contributed by atoms with van der Waals surface area (Å²) < 4.78 is 0. The summed E-state index contributed by atoms with van der Waals surface area (Å²) in [7, 11) is 0. The molecule has 2 amide bonds. The third kappa shape index (κ3) is 4.01. The summed E-state index contributed by atoms with van der Waals surface area (Å²) in [5.41, 5.74) is 1.55. The third-order valence-electron chi connectivity index (χ3n) is 5.01. The van der Waals surface area contributed by atoms with Gasteiger partial charge >= 0.3 is 0 Å². The third-order valence-corrected chi connectivity index (χ3v) is 5.89. The van der Waals surface area contributed by atoms with Crippen molar-refractivity contribution in [3.8, 4) is 0 Å². The van der Waals surface area contributed by atoms with E-state index in [1.54, 1.807) is 17.5 Å². The smallest absolute Gasteiger partial charge is 0.227 e. The van der Waals surface area contributed by atoms with E-state index in [-0.39, 0.29) is 17.7 Å². The van der Waals surface area contributed by atoms with E-state index < -0.39 is 0 Å². The van der Waals surface area contributed by atoms with E-state index in [1.807, 2.05) is 52.7 Å². The summed E-state index contributed by atoms with van der Waals surface area (Å²) in [5, 5.41) is 6.02. The fourth-order valence-electron chi connectivity index (χ4n) is 3.50. The zero-order valence-corrected chi connectivity index (χ0v) is 15.7. The van der Waals surface area contributed by atoms with Crippen LogP contribution in [0.3, 0.4) is 0 Å². The van der Waals surface area contributed by atoms with Gasteiger partial charge in [-0.25, -0.2) is 0 Å². The van der Waals surface area contributed by atoms with E-state index in [0.717, 1.165) is 21.5 Å². The summed E-state index contributed by atoms with van der Waals surface area (Å²) >= 11 is 1.61. The van der Waals surface area contributed by atoms with Crippen molar-refractivity contribution >= 4 is 39.7 Å². The first-order valence-electron chi connectivity index (χ1n) is 9.15. The quantitative estimate of drug-likeness (QED) is 0.752. The molecular formula is C21H21N3O2S. The molecule has 27 heavy (non-hydrogen) atoms. The van der Waals surface area contributed by atoms with Gasteiger partial charge < -0.3 is 10.2 Å². The topological polar surface area (TPSA) is 62.3 Å². The monoisotopic (exact) mass is 379 g/mol. The first-order valence-corrected chi connectivity index (χ1v) is 10.0. The Bertz CT molecular complexity index is 942. The van der Waals surface area contributed by atoms with Crippen molar-refractivity contribution in [3.63, 3.8) is 0 Å². The maximum Gasteiger partial charge on any atom is 0.227 e. The Balaban J connectivity index is 1.35. The minimum absolute atomic E-state index is 0.0125. The Hall–Kier alpha value is -2.73. The molecule has 0 radical (unpaired) electrons. The Labute approximate surface area is 162 Å². The number of fused-ring (bicyclic) bond motifs is 1. The number of nitrogens with zero attached hydrogens (tertiary/aromatic N) is 2. The number of hydrogen-bond acceptors (Lipinski definition) is 4. The number of anilines is 1. The van der Waals surface area contributed by atoms with Crippen LogP contribution in [0.15, 0.2) is 54.0 Å². The zero-order chi connectivity index (χ0) is 18.6. The highest BCUT2D eigenvalue weighted by Gasteiger charge is 2.27. The summed E-state index contributed by atoms with van der Waals surface area (Å²) in [6.07, 6.45) is 3.58. The van der Waals surface area contributed by atoms with Gasteiger partial charge in [0, 0.05) is 35.5 Å². The normalized spacial score (nSPS) is 15.0. The summed E-state index contributed by atoms with van der Waals surface area (Å²) in [5.74, 6) is 0.0860. The Morgan fingerprint density at radius 3 is 2.70 bits per heavy atom. The van der Waals surface area contributed by atoms with Crippen LogP contribution in [-0.4, -0.2) is 34.8 Å². The highest BCUT2D eigenvalue weighted by molar-refractivity contribution is 7.10. The number of amides is 2. The summed E-state index contributed by atoms with van der Waals surface area (Å²) in [4.78, 5) is 32.5. The number of likely N-dealkylation sites (tertiary alicyclic amines) is 1. The van der Waals surface area contributed by atoms with E-state index >= 15 is 0 Å². The maximum atomic E-state index is 12.7. The van der Waals surface area contributed by atoms with Gasteiger partial charge in [0.25, 0.3) is 0 Å². The molecule has 0 aliphatic carbocycles. The number of pyridine rings is 1. The van der Waals surface area contributed by atoms with Gasteiger partial charge in [0.05, 0.1) is 17.6 Å². The van der Waals surface area contributed by atoms with Crippen LogP contribution in [0.5, 0.6) is 0 Å². The SMILES string of the molecule is O=C(Nc1cccc2cccnc12)C1CCN(C(=O)Cc2cccs2)CC1. The molecule has 6 heteroatoms. The van der Waals surface area contributed by atoms with Crippen LogP contribution in [0.1, 0.15) is 17.7 Å². The molecule has 1 aliphatic heterocycles. The summed E-state index contributed by atoms with van der Waals surface area (Å²) in [6, 6.07) is 13.6. The minimum atomic E-state index is -0.0743. The van der Waals surface area contributed by atoms with Crippen LogP contribution in [0.4, 0.5) is 5.69 Å². The molecule has 0 unspecified atom stereocenters. The average Bonchev–Trinajstić information content (AvgIpc) is 3.21. The van der Waals surface area contributed by atoms with Crippen molar-refractivity contribution in [2.45, 2.75) is 19.3 Å². The maximum absolute atomic E-state index is 12.7. The molecule has 0 atom stereocenters. The van der Waals surface area contributed by atoms with Crippen LogP contribution in [-0.2, 0) is 16.0 Å². The number of piperidine rings is 1. The molecule has 0 spiro atoms. The fourth-order valence-corrected chi connectivity index (χ4v) is 4.20. The minimum Gasteiger partial charge on any atom is -0.342 e. The standard InChI is InChI=1S/C21H21N3O2S/c25-19(14-17-6-3-13-27-17)24-11-8-16(9-12-24)21(26)23-18-7-1-4-15-5-2-10-22-20(15)18/h1-7,10,13,16H,8-9,11-12,14H2,(H,23,26). The number of hydrogen-bond donors (Lipinski definition) is 1. The zero-order valence-electron chi connectivity index (χ0n) is 14.9. The average molecular weight is 379 g/mol. The lowest BCUT2D eigenvalue weighted by atomic mass is 9.95. The van der Waals surface area contributed by atoms with Crippen LogP contribution < -0.4 is 5.32 Å². The van der Waals surface area contributed by atoms with Gasteiger partial charge in [0.2, 0.25) is 11.8 Å². The number of aromatic nitrogens is 1. The number of carbonyl (C=O) groups is 2. The lowest BCUT2D eigenvalue weighted by molar-refractivity contribution is -0.133. The van der Waals surface area contributed by atoms with E-state index in [4.69, 9.17) is 0 Å².